The van der Waals surface area contributed by atoms with Crippen molar-refractivity contribution in [2.24, 2.45) is 0 Å². The number of nitrogens with one attached hydrogen (secondary N) is 1. The van der Waals surface area contributed by atoms with Crippen molar-refractivity contribution < 1.29 is 14.7 Å². The van der Waals surface area contributed by atoms with Gasteiger partial charge in [0.2, 0.25) is 0 Å². The van der Waals surface area contributed by atoms with E-state index in [0.717, 1.165) is 5.56 Å². The zero-order valence-corrected chi connectivity index (χ0v) is 18.5. The third-order valence-electron chi connectivity index (χ3n) is 5.45. The van der Waals surface area contributed by atoms with Crippen LogP contribution in [0.3, 0.4) is 0 Å². The molecule has 1 amide bonds. The maximum absolute atomic E-state index is 13.6. The summed E-state index contributed by atoms with van der Waals surface area (Å²) in [7, 11) is 0. The Morgan fingerprint density at radius 3 is 1.94 bits per heavy atom. The first kappa shape index (κ1) is 22.7. The Balaban J connectivity index is 1.95. The molecule has 1 atom stereocenters. The van der Waals surface area contributed by atoms with E-state index in [-0.39, 0.29) is 12.1 Å². The van der Waals surface area contributed by atoms with E-state index < -0.39 is 23.5 Å². The molecule has 0 aliphatic rings. The summed E-state index contributed by atoms with van der Waals surface area (Å²) in [5.74, 6) is -2.00. The minimum absolute atomic E-state index is 0.149. The van der Waals surface area contributed by atoms with Crippen LogP contribution in [0, 0.1) is 0 Å². The smallest absolute Gasteiger partial charge is 0.330 e. The first-order valence-electron chi connectivity index (χ1n) is 10.9. The molecule has 0 saturated heterocycles. The van der Waals surface area contributed by atoms with Crippen molar-refractivity contribution in [1.29, 1.82) is 0 Å². The van der Waals surface area contributed by atoms with Crippen molar-refractivity contribution in [1.82, 2.24) is 15.1 Å². The molecule has 3 aromatic carbocycles. The second kappa shape index (κ2) is 9.95. The van der Waals surface area contributed by atoms with Crippen LogP contribution in [0.4, 0.5) is 0 Å². The van der Waals surface area contributed by atoms with Crippen LogP contribution in [0.5, 0.6) is 0 Å². The molecule has 0 spiro atoms. The lowest BCUT2D eigenvalue weighted by Gasteiger charge is -2.19. The Hall–Kier alpha value is -4.52. The topological polar surface area (TPSA) is 101 Å². The Morgan fingerprint density at radius 1 is 0.882 bits per heavy atom. The van der Waals surface area contributed by atoms with Gasteiger partial charge in [-0.15, -0.1) is 0 Å². The number of carboxylic acid groups (broad SMARTS) is 1. The van der Waals surface area contributed by atoms with E-state index >= 15 is 0 Å². The van der Waals surface area contributed by atoms with E-state index in [1.54, 1.807) is 61.5 Å². The van der Waals surface area contributed by atoms with E-state index in [2.05, 4.69) is 10.4 Å². The van der Waals surface area contributed by atoms with Gasteiger partial charge in [-0.05, 0) is 18.1 Å². The van der Waals surface area contributed by atoms with E-state index in [9.17, 15) is 19.5 Å². The number of amides is 1. The van der Waals surface area contributed by atoms with Crippen molar-refractivity contribution in [3.8, 4) is 22.4 Å². The van der Waals surface area contributed by atoms with Crippen molar-refractivity contribution in [2.75, 3.05) is 0 Å². The average Bonchev–Trinajstić information content (AvgIpc) is 2.88. The highest BCUT2D eigenvalue weighted by Crippen LogP contribution is 2.32. The molecule has 7 nitrogen and oxygen atoms in total. The molecule has 1 heterocycles. The van der Waals surface area contributed by atoms with Gasteiger partial charge in [-0.25, -0.2) is 9.48 Å². The first-order valence-corrected chi connectivity index (χ1v) is 10.9. The van der Waals surface area contributed by atoms with Crippen molar-refractivity contribution in [3.05, 3.63) is 112 Å². The predicted molar refractivity (Wildman–Crippen MR) is 129 cm³/mol. The Morgan fingerprint density at radius 2 is 1.41 bits per heavy atom. The fraction of sp³-hybridized carbons (Fsp3) is 0.111. The Labute approximate surface area is 196 Å². The molecule has 7 heteroatoms. The van der Waals surface area contributed by atoms with Gasteiger partial charge in [0.25, 0.3) is 11.5 Å². The second-order valence-electron chi connectivity index (χ2n) is 7.61. The van der Waals surface area contributed by atoms with Crippen molar-refractivity contribution in [3.63, 3.8) is 0 Å². The van der Waals surface area contributed by atoms with Gasteiger partial charge in [0.1, 0.15) is 5.56 Å². The summed E-state index contributed by atoms with van der Waals surface area (Å²) < 4.78 is 1.22. The molecule has 170 valence electrons. The molecule has 0 fully saturated rings. The van der Waals surface area contributed by atoms with Gasteiger partial charge in [0.05, 0.1) is 5.69 Å². The van der Waals surface area contributed by atoms with E-state index in [0.29, 0.717) is 22.4 Å². The molecule has 0 radical (unpaired) electrons. The standard InChI is InChI=1S/C27H23N3O4/c1-2-30-26(32)22(25(31)28-24(27(33)34)20-16-10-5-11-17-20)21(18-12-6-3-7-13-18)23(29-30)19-14-8-4-9-15-19/h3-17,24H,2H2,1H3,(H,28,31)(H,33,34). The van der Waals surface area contributed by atoms with Gasteiger partial charge < -0.3 is 10.4 Å². The van der Waals surface area contributed by atoms with Crippen LogP contribution in [0.2, 0.25) is 0 Å². The number of carbonyl (C=O) groups excluding carboxylic acids is 1. The molecular weight excluding hydrogens is 430 g/mol. The van der Waals surface area contributed by atoms with Crippen LogP contribution in [-0.2, 0) is 11.3 Å². The van der Waals surface area contributed by atoms with E-state index in [1.807, 2.05) is 36.4 Å². The molecule has 4 rings (SSSR count). The second-order valence-corrected chi connectivity index (χ2v) is 7.61. The van der Waals surface area contributed by atoms with Crippen LogP contribution in [-0.4, -0.2) is 26.8 Å². The quantitative estimate of drug-likeness (QED) is 0.438. The van der Waals surface area contributed by atoms with Gasteiger partial charge in [0, 0.05) is 17.7 Å². The normalized spacial score (nSPS) is 11.6. The lowest BCUT2D eigenvalue weighted by Crippen LogP contribution is -2.39. The monoisotopic (exact) mass is 453 g/mol. The molecule has 4 aromatic rings. The predicted octanol–water partition coefficient (Wildman–Crippen LogP) is 4.15. The number of rotatable bonds is 7. The number of hydrogen-bond acceptors (Lipinski definition) is 4. The maximum Gasteiger partial charge on any atom is 0.330 e. The SMILES string of the molecule is CCn1nc(-c2ccccc2)c(-c2ccccc2)c(C(=O)NC(C(=O)O)c2ccccc2)c1=O. The summed E-state index contributed by atoms with van der Waals surface area (Å²) >= 11 is 0. The van der Waals surface area contributed by atoms with Gasteiger partial charge in [-0.1, -0.05) is 91.0 Å². The number of aromatic nitrogens is 2. The number of carboxylic acids is 1. The summed E-state index contributed by atoms with van der Waals surface area (Å²) in [5, 5.41) is 16.9. The number of benzene rings is 3. The van der Waals surface area contributed by atoms with Crippen LogP contribution in [0.1, 0.15) is 28.9 Å². The Kier molecular flexibility index (Phi) is 6.64. The van der Waals surface area contributed by atoms with Crippen LogP contribution >= 0.6 is 0 Å². The van der Waals surface area contributed by atoms with Gasteiger partial charge in [-0.2, -0.15) is 5.10 Å². The Bertz CT molecular complexity index is 1370. The summed E-state index contributed by atoms with van der Waals surface area (Å²) in [6, 6.07) is 25.4. The van der Waals surface area contributed by atoms with Gasteiger partial charge in [0.15, 0.2) is 6.04 Å². The zero-order valence-electron chi connectivity index (χ0n) is 18.5. The number of hydrogen-bond donors (Lipinski definition) is 2. The van der Waals surface area contributed by atoms with Crippen LogP contribution < -0.4 is 10.9 Å². The third-order valence-corrected chi connectivity index (χ3v) is 5.45. The number of carbonyl (C=O) groups is 2. The van der Waals surface area contributed by atoms with E-state index in [1.165, 1.54) is 4.68 Å². The third kappa shape index (κ3) is 4.49. The minimum Gasteiger partial charge on any atom is -0.479 e. The highest BCUT2D eigenvalue weighted by atomic mass is 16.4. The van der Waals surface area contributed by atoms with Crippen molar-refractivity contribution >= 4 is 11.9 Å². The minimum atomic E-state index is -1.32. The molecule has 1 unspecified atom stereocenters. The lowest BCUT2D eigenvalue weighted by molar-refractivity contribution is -0.139. The van der Waals surface area contributed by atoms with Crippen LogP contribution in [0.25, 0.3) is 22.4 Å². The highest BCUT2D eigenvalue weighted by Gasteiger charge is 2.29. The molecule has 2 N–H and O–H groups in total. The maximum atomic E-state index is 13.6. The van der Waals surface area contributed by atoms with Crippen molar-refractivity contribution in [2.45, 2.75) is 19.5 Å². The zero-order chi connectivity index (χ0) is 24.1. The summed E-state index contributed by atoms with van der Waals surface area (Å²) in [5.41, 5.74) is 1.85. The number of aryl methyl sites for hydroxylation is 1. The number of nitrogens with zero attached hydrogens (tertiary/aromatic N) is 2. The summed E-state index contributed by atoms with van der Waals surface area (Å²) in [6.45, 7) is 2.01. The molecule has 0 saturated carbocycles. The molecule has 0 bridgehead atoms. The molecule has 0 aliphatic carbocycles. The highest BCUT2D eigenvalue weighted by molar-refractivity contribution is 6.05. The summed E-state index contributed by atoms with van der Waals surface area (Å²) in [6.07, 6.45) is 0. The molecule has 1 aromatic heterocycles. The fourth-order valence-electron chi connectivity index (χ4n) is 3.82. The molecule has 0 aliphatic heterocycles. The largest absolute Gasteiger partial charge is 0.479 e. The van der Waals surface area contributed by atoms with Gasteiger partial charge in [-0.3, -0.25) is 9.59 Å². The molecule has 34 heavy (non-hydrogen) atoms. The molecular formula is C27H23N3O4. The van der Waals surface area contributed by atoms with Crippen LogP contribution in [0.15, 0.2) is 95.8 Å². The fourth-order valence-corrected chi connectivity index (χ4v) is 3.82. The first-order chi connectivity index (χ1) is 16.5. The summed E-state index contributed by atoms with van der Waals surface area (Å²) in [4.78, 5) is 39.0. The average molecular weight is 453 g/mol. The lowest BCUT2D eigenvalue weighted by atomic mass is 9.94. The number of aliphatic carboxylic acids is 1. The van der Waals surface area contributed by atoms with Gasteiger partial charge >= 0.3 is 5.97 Å². The van der Waals surface area contributed by atoms with E-state index in [4.69, 9.17) is 0 Å².